The van der Waals surface area contributed by atoms with Gasteiger partial charge in [-0.05, 0) is 33.5 Å². The maximum Gasteiger partial charge on any atom is 0.122 e. The zero-order chi connectivity index (χ0) is 12.5. The van der Waals surface area contributed by atoms with Crippen LogP contribution in [0.15, 0.2) is 10.7 Å². The maximum absolute atomic E-state index is 5.53. The first-order chi connectivity index (χ1) is 7.27. The van der Waals surface area contributed by atoms with Crippen molar-refractivity contribution in [2.45, 2.75) is 46.0 Å². The third-order valence-corrected chi connectivity index (χ3v) is 3.11. The molecule has 0 saturated heterocycles. The Hall–Kier alpha value is -0.810. The SMILES string of the molecule is C#Cc1c(C(C)C)cc(C(C)(C)C)nc1Br. The van der Waals surface area contributed by atoms with E-state index in [-0.39, 0.29) is 5.41 Å². The molecule has 2 heteroatoms. The van der Waals surface area contributed by atoms with Gasteiger partial charge in [-0.1, -0.05) is 40.5 Å². The van der Waals surface area contributed by atoms with E-state index >= 15 is 0 Å². The summed E-state index contributed by atoms with van der Waals surface area (Å²) in [6, 6.07) is 2.13. The van der Waals surface area contributed by atoms with Crippen molar-refractivity contribution in [2.75, 3.05) is 0 Å². The number of rotatable bonds is 1. The second-order valence-corrected chi connectivity index (χ2v) is 6.06. The Morgan fingerprint density at radius 2 is 1.94 bits per heavy atom. The molecule has 1 aromatic heterocycles. The van der Waals surface area contributed by atoms with Gasteiger partial charge in [-0.3, -0.25) is 0 Å². The first-order valence-corrected chi connectivity index (χ1v) is 6.24. The molecule has 1 heterocycles. The van der Waals surface area contributed by atoms with E-state index in [1.165, 1.54) is 5.56 Å². The summed E-state index contributed by atoms with van der Waals surface area (Å²) in [4.78, 5) is 4.53. The second-order valence-electron chi connectivity index (χ2n) is 5.31. The van der Waals surface area contributed by atoms with Gasteiger partial charge in [0.2, 0.25) is 0 Å². The quantitative estimate of drug-likeness (QED) is 0.553. The molecule has 0 N–H and O–H groups in total. The largest absolute Gasteiger partial charge is 0.244 e. The first kappa shape index (κ1) is 13.3. The number of pyridine rings is 1. The third-order valence-electron chi connectivity index (χ3n) is 2.54. The van der Waals surface area contributed by atoms with Crippen molar-refractivity contribution >= 4 is 15.9 Å². The van der Waals surface area contributed by atoms with Crippen LogP contribution in [0.5, 0.6) is 0 Å². The van der Waals surface area contributed by atoms with Crippen LogP contribution >= 0.6 is 15.9 Å². The Morgan fingerprint density at radius 3 is 2.31 bits per heavy atom. The molecule has 1 rings (SSSR count). The molecule has 86 valence electrons. The van der Waals surface area contributed by atoms with E-state index in [1.807, 2.05) is 0 Å². The van der Waals surface area contributed by atoms with E-state index in [0.717, 1.165) is 15.9 Å². The molecule has 0 aromatic carbocycles. The van der Waals surface area contributed by atoms with Crippen LogP contribution in [0, 0.1) is 12.3 Å². The van der Waals surface area contributed by atoms with Gasteiger partial charge in [0.05, 0.1) is 5.56 Å². The van der Waals surface area contributed by atoms with Crippen LogP contribution in [0.1, 0.15) is 57.4 Å². The lowest BCUT2D eigenvalue weighted by Gasteiger charge is -2.21. The van der Waals surface area contributed by atoms with E-state index < -0.39 is 0 Å². The van der Waals surface area contributed by atoms with E-state index in [1.54, 1.807) is 0 Å². The van der Waals surface area contributed by atoms with E-state index in [9.17, 15) is 0 Å². The molecule has 0 bridgehead atoms. The monoisotopic (exact) mass is 279 g/mol. The first-order valence-electron chi connectivity index (χ1n) is 5.45. The van der Waals surface area contributed by atoms with Gasteiger partial charge in [-0.25, -0.2) is 4.98 Å². The predicted molar refractivity (Wildman–Crippen MR) is 72.7 cm³/mol. The van der Waals surface area contributed by atoms with Crippen molar-refractivity contribution < 1.29 is 0 Å². The predicted octanol–water partition coefficient (Wildman–Crippen LogP) is 4.25. The average Bonchev–Trinajstić information content (AvgIpc) is 2.14. The minimum Gasteiger partial charge on any atom is -0.244 e. The molecule has 0 aliphatic heterocycles. The maximum atomic E-state index is 5.53. The average molecular weight is 280 g/mol. The van der Waals surface area contributed by atoms with Gasteiger partial charge in [0.25, 0.3) is 0 Å². The van der Waals surface area contributed by atoms with Crippen molar-refractivity contribution in [3.05, 3.63) is 27.5 Å². The number of terminal acetylenes is 1. The Kier molecular flexibility index (Phi) is 3.80. The highest BCUT2D eigenvalue weighted by atomic mass is 79.9. The van der Waals surface area contributed by atoms with Gasteiger partial charge < -0.3 is 0 Å². The zero-order valence-corrected chi connectivity index (χ0v) is 12.1. The van der Waals surface area contributed by atoms with Crippen molar-refractivity contribution in [3.63, 3.8) is 0 Å². The van der Waals surface area contributed by atoms with Gasteiger partial charge >= 0.3 is 0 Å². The van der Waals surface area contributed by atoms with Crippen LogP contribution in [-0.4, -0.2) is 4.98 Å². The number of aromatic nitrogens is 1. The molecule has 0 spiro atoms. The van der Waals surface area contributed by atoms with Crippen LogP contribution in [0.4, 0.5) is 0 Å². The highest BCUT2D eigenvalue weighted by Gasteiger charge is 2.20. The lowest BCUT2D eigenvalue weighted by atomic mass is 9.88. The second kappa shape index (κ2) is 4.59. The molecular formula is C14H18BrN. The summed E-state index contributed by atoms with van der Waals surface area (Å²) >= 11 is 3.47. The number of halogens is 1. The van der Waals surface area contributed by atoms with Gasteiger partial charge in [-0.15, -0.1) is 6.42 Å². The zero-order valence-electron chi connectivity index (χ0n) is 10.6. The minimum atomic E-state index is 0.0410. The molecule has 0 fully saturated rings. The lowest BCUT2D eigenvalue weighted by molar-refractivity contribution is 0.565. The van der Waals surface area contributed by atoms with Crippen LogP contribution in [0.2, 0.25) is 0 Å². The van der Waals surface area contributed by atoms with Crippen LogP contribution in [0.25, 0.3) is 0 Å². The molecule has 0 unspecified atom stereocenters. The Balaban J connectivity index is 3.48. The molecule has 0 amide bonds. The summed E-state index contributed by atoms with van der Waals surface area (Å²) in [6.07, 6.45) is 5.53. The van der Waals surface area contributed by atoms with Gasteiger partial charge in [0, 0.05) is 11.1 Å². The molecule has 16 heavy (non-hydrogen) atoms. The molecular weight excluding hydrogens is 262 g/mol. The Labute approximate surface area is 107 Å². The van der Waals surface area contributed by atoms with E-state index in [0.29, 0.717) is 5.92 Å². The molecule has 0 radical (unpaired) electrons. The number of hydrogen-bond donors (Lipinski definition) is 0. The fraction of sp³-hybridized carbons (Fsp3) is 0.500. The van der Waals surface area contributed by atoms with Gasteiger partial charge in [0.1, 0.15) is 4.60 Å². The normalized spacial score (nSPS) is 11.6. The molecule has 0 aliphatic rings. The smallest absolute Gasteiger partial charge is 0.122 e. The summed E-state index contributed by atoms with van der Waals surface area (Å²) in [5, 5.41) is 0. The molecule has 0 saturated carbocycles. The van der Waals surface area contributed by atoms with E-state index in [4.69, 9.17) is 6.42 Å². The highest BCUT2D eigenvalue weighted by Crippen LogP contribution is 2.30. The fourth-order valence-electron chi connectivity index (χ4n) is 1.51. The molecule has 1 nitrogen and oxygen atoms in total. The molecule has 0 atom stereocenters. The number of nitrogens with zero attached hydrogens (tertiary/aromatic N) is 1. The summed E-state index contributed by atoms with van der Waals surface area (Å²) in [5.74, 6) is 3.12. The fourth-order valence-corrected chi connectivity index (χ4v) is 2.05. The van der Waals surface area contributed by atoms with Crippen LogP contribution in [0.3, 0.4) is 0 Å². The van der Waals surface area contributed by atoms with Crippen molar-refractivity contribution in [1.29, 1.82) is 0 Å². The lowest BCUT2D eigenvalue weighted by Crippen LogP contribution is -2.15. The van der Waals surface area contributed by atoms with Crippen LogP contribution < -0.4 is 0 Å². The Bertz CT molecular complexity index is 433. The summed E-state index contributed by atoms with van der Waals surface area (Å²) < 4.78 is 0.783. The third kappa shape index (κ3) is 2.65. The summed E-state index contributed by atoms with van der Waals surface area (Å²) in [6.45, 7) is 10.8. The molecule has 1 aromatic rings. The standard InChI is InChI=1S/C14H18BrN/c1-7-10-11(9(2)3)8-12(14(4,5)6)16-13(10)15/h1,8-9H,2-6H3. The van der Waals surface area contributed by atoms with Crippen molar-refractivity contribution in [3.8, 4) is 12.3 Å². The summed E-state index contributed by atoms with van der Waals surface area (Å²) in [5.41, 5.74) is 3.18. The summed E-state index contributed by atoms with van der Waals surface area (Å²) in [7, 11) is 0. The Morgan fingerprint density at radius 1 is 1.38 bits per heavy atom. The van der Waals surface area contributed by atoms with Gasteiger partial charge in [0.15, 0.2) is 0 Å². The van der Waals surface area contributed by atoms with Crippen molar-refractivity contribution in [1.82, 2.24) is 4.98 Å². The van der Waals surface area contributed by atoms with E-state index in [2.05, 4.69) is 67.5 Å². The minimum absolute atomic E-state index is 0.0410. The van der Waals surface area contributed by atoms with Crippen LogP contribution in [-0.2, 0) is 5.41 Å². The molecule has 0 aliphatic carbocycles. The topological polar surface area (TPSA) is 12.9 Å². The highest BCUT2D eigenvalue weighted by molar-refractivity contribution is 9.10. The van der Waals surface area contributed by atoms with Gasteiger partial charge in [-0.2, -0.15) is 0 Å². The van der Waals surface area contributed by atoms with Crippen molar-refractivity contribution in [2.24, 2.45) is 0 Å². The number of hydrogen-bond acceptors (Lipinski definition) is 1.